The molecule has 0 spiro atoms. The van der Waals surface area contributed by atoms with Crippen molar-refractivity contribution in [3.8, 4) is 0 Å². The van der Waals surface area contributed by atoms with Gasteiger partial charge in [-0.2, -0.15) is 26.7 Å². The second-order valence-electron chi connectivity index (χ2n) is 4.77. The van der Waals surface area contributed by atoms with Crippen molar-refractivity contribution in [3.63, 3.8) is 0 Å². The minimum Gasteiger partial charge on any atom is -0.340 e. The van der Waals surface area contributed by atoms with Gasteiger partial charge in [-0.25, -0.2) is 0 Å². The lowest BCUT2D eigenvalue weighted by Gasteiger charge is -2.18. The molecule has 112 valence electrons. The van der Waals surface area contributed by atoms with Gasteiger partial charge in [-0.3, -0.25) is 4.79 Å². The van der Waals surface area contributed by atoms with Gasteiger partial charge in [0.05, 0.1) is 11.7 Å². The summed E-state index contributed by atoms with van der Waals surface area (Å²) in [6, 6.07) is 9.15. The number of H-pyrrole nitrogens is 1. The minimum absolute atomic E-state index is 0.257. The van der Waals surface area contributed by atoms with E-state index in [0.29, 0.717) is 16.4 Å². The number of halogens is 1. The van der Waals surface area contributed by atoms with Crippen molar-refractivity contribution in [2.45, 2.75) is 13.0 Å². The molecule has 0 radical (unpaired) electrons. The average Bonchev–Trinajstić information content (AvgIpc) is 3.17. The van der Waals surface area contributed by atoms with Gasteiger partial charge in [0.2, 0.25) is 0 Å². The summed E-state index contributed by atoms with van der Waals surface area (Å²) in [4.78, 5) is 12.4. The van der Waals surface area contributed by atoms with Crippen LogP contribution in [0.5, 0.6) is 0 Å². The third-order valence-corrected chi connectivity index (χ3v) is 4.25. The zero-order valence-electron chi connectivity index (χ0n) is 11.7. The second kappa shape index (κ2) is 6.29. The average molecular weight is 333 g/mol. The summed E-state index contributed by atoms with van der Waals surface area (Å²) >= 11 is 7.52. The molecule has 0 aliphatic carbocycles. The van der Waals surface area contributed by atoms with Gasteiger partial charge in [0, 0.05) is 5.02 Å². The Kier molecular flexibility index (Phi) is 4.22. The Bertz CT molecular complexity index is 767. The number of rotatable bonds is 4. The van der Waals surface area contributed by atoms with Gasteiger partial charge < -0.3 is 5.32 Å². The molecule has 22 heavy (non-hydrogen) atoms. The molecule has 2 heterocycles. The number of thiophene rings is 1. The maximum atomic E-state index is 12.4. The molecular formula is C15H13ClN4OS. The highest BCUT2D eigenvalue weighted by Crippen LogP contribution is 2.25. The Morgan fingerprint density at radius 2 is 2.00 bits per heavy atom. The minimum atomic E-state index is -0.266. The number of aryl methyl sites for hydroxylation is 1. The lowest BCUT2D eigenvalue weighted by molar-refractivity contribution is 0.0937. The van der Waals surface area contributed by atoms with Crippen LogP contribution in [0.15, 0.2) is 41.1 Å². The van der Waals surface area contributed by atoms with Crippen LogP contribution < -0.4 is 5.32 Å². The molecule has 1 atom stereocenters. The SMILES string of the molecule is Cc1n[nH]nc1C(=O)NC(c1ccc(Cl)cc1)c1ccsc1. The largest absolute Gasteiger partial charge is 0.340 e. The molecule has 0 aliphatic heterocycles. The van der Waals surface area contributed by atoms with Gasteiger partial charge in [-0.1, -0.05) is 23.7 Å². The molecule has 2 aromatic heterocycles. The topological polar surface area (TPSA) is 70.7 Å². The monoisotopic (exact) mass is 332 g/mol. The molecule has 1 unspecified atom stereocenters. The van der Waals surface area contributed by atoms with Gasteiger partial charge in [0.25, 0.3) is 5.91 Å². The summed E-state index contributed by atoms with van der Waals surface area (Å²) in [5.41, 5.74) is 2.84. The van der Waals surface area contributed by atoms with Crippen LogP contribution in [0, 0.1) is 6.92 Å². The Labute approximate surface area is 136 Å². The van der Waals surface area contributed by atoms with Crippen LogP contribution in [0.1, 0.15) is 33.4 Å². The first kappa shape index (κ1) is 14.7. The Hall–Kier alpha value is -2.18. The van der Waals surface area contributed by atoms with Crippen molar-refractivity contribution in [2.75, 3.05) is 0 Å². The van der Waals surface area contributed by atoms with Gasteiger partial charge >= 0.3 is 0 Å². The Balaban J connectivity index is 1.91. The first-order valence-electron chi connectivity index (χ1n) is 6.61. The summed E-state index contributed by atoms with van der Waals surface area (Å²) in [5, 5.41) is 17.9. The zero-order chi connectivity index (χ0) is 15.5. The van der Waals surface area contributed by atoms with Crippen LogP contribution in [0.3, 0.4) is 0 Å². The van der Waals surface area contributed by atoms with E-state index in [1.807, 2.05) is 41.1 Å². The van der Waals surface area contributed by atoms with E-state index in [1.54, 1.807) is 18.3 Å². The third kappa shape index (κ3) is 3.03. The summed E-state index contributed by atoms with van der Waals surface area (Å²) in [6.07, 6.45) is 0. The molecule has 3 rings (SSSR count). The van der Waals surface area contributed by atoms with Crippen molar-refractivity contribution < 1.29 is 4.79 Å². The molecule has 2 N–H and O–H groups in total. The lowest BCUT2D eigenvalue weighted by Crippen LogP contribution is -2.29. The third-order valence-electron chi connectivity index (χ3n) is 3.29. The van der Waals surface area contributed by atoms with Crippen molar-refractivity contribution in [3.05, 3.63) is 68.6 Å². The standard InChI is InChI=1S/C15H13ClN4OS/c1-9-13(19-20-18-9)15(21)17-14(11-6-7-22-8-11)10-2-4-12(16)5-3-10/h2-8,14H,1H3,(H,17,21)(H,18,19,20). The van der Waals surface area contributed by atoms with E-state index < -0.39 is 0 Å². The highest BCUT2D eigenvalue weighted by molar-refractivity contribution is 7.08. The van der Waals surface area contributed by atoms with E-state index in [1.165, 1.54) is 0 Å². The van der Waals surface area contributed by atoms with E-state index in [2.05, 4.69) is 20.7 Å². The number of benzene rings is 1. The van der Waals surface area contributed by atoms with Crippen molar-refractivity contribution in [2.24, 2.45) is 0 Å². The molecule has 0 fully saturated rings. The smallest absolute Gasteiger partial charge is 0.274 e. The summed E-state index contributed by atoms with van der Waals surface area (Å²) in [6.45, 7) is 1.74. The van der Waals surface area contributed by atoms with Crippen LogP contribution >= 0.6 is 22.9 Å². The summed E-state index contributed by atoms with van der Waals surface area (Å²) in [7, 11) is 0. The molecule has 7 heteroatoms. The summed E-state index contributed by atoms with van der Waals surface area (Å²) < 4.78 is 0. The predicted molar refractivity (Wildman–Crippen MR) is 86.2 cm³/mol. The predicted octanol–water partition coefficient (Wildman–Crippen LogP) is 3.35. The van der Waals surface area contributed by atoms with Gasteiger partial charge in [0.15, 0.2) is 5.69 Å². The van der Waals surface area contributed by atoms with E-state index in [0.717, 1.165) is 11.1 Å². The highest BCUT2D eigenvalue weighted by atomic mass is 35.5. The van der Waals surface area contributed by atoms with E-state index in [4.69, 9.17) is 11.6 Å². The number of carbonyl (C=O) groups is 1. The fourth-order valence-corrected chi connectivity index (χ4v) is 2.96. The molecule has 1 aromatic carbocycles. The van der Waals surface area contributed by atoms with E-state index >= 15 is 0 Å². The first-order valence-corrected chi connectivity index (χ1v) is 7.93. The normalized spacial score (nSPS) is 12.1. The number of hydrogen-bond donors (Lipinski definition) is 2. The number of aromatic nitrogens is 3. The molecular weight excluding hydrogens is 320 g/mol. The number of hydrogen-bond acceptors (Lipinski definition) is 4. The summed E-state index contributed by atoms with van der Waals surface area (Å²) in [5.74, 6) is -0.266. The molecule has 1 amide bonds. The fourth-order valence-electron chi connectivity index (χ4n) is 2.15. The van der Waals surface area contributed by atoms with Crippen LogP contribution in [-0.4, -0.2) is 21.3 Å². The van der Waals surface area contributed by atoms with E-state index in [9.17, 15) is 4.79 Å². The maximum absolute atomic E-state index is 12.4. The lowest BCUT2D eigenvalue weighted by atomic mass is 10.0. The number of nitrogens with zero attached hydrogens (tertiary/aromatic N) is 2. The highest BCUT2D eigenvalue weighted by Gasteiger charge is 2.21. The number of carbonyl (C=O) groups excluding carboxylic acids is 1. The number of amides is 1. The molecule has 3 aromatic rings. The van der Waals surface area contributed by atoms with Crippen molar-refractivity contribution >= 4 is 28.8 Å². The van der Waals surface area contributed by atoms with Crippen LogP contribution in [0.25, 0.3) is 0 Å². The Morgan fingerprint density at radius 3 is 2.59 bits per heavy atom. The van der Waals surface area contributed by atoms with Gasteiger partial charge in [-0.05, 0) is 47.0 Å². The maximum Gasteiger partial charge on any atom is 0.274 e. The Morgan fingerprint density at radius 1 is 1.23 bits per heavy atom. The molecule has 5 nitrogen and oxygen atoms in total. The zero-order valence-corrected chi connectivity index (χ0v) is 13.3. The number of nitrogens with one attached hydrogen (secondary N) is 2. The van der Waals surface area contributed by atoms with Gasteiger partial charge in [-0.15, -0.1) is 0 Å². The molecule has 0 saturated heterocycles. The number of aromatic amines is 1. The quantitative estimate of drug-likeness (QED) is 0.769. The van der Waals surface area contributed by atoms with Crippen molar-refractivity contribution in [1.82, 2.24) is 20.7 Å². The first-order chi connectivity index (χ1) is 10.6. The second-order valence-corrected chi connectivity index (χ2v) is 5.99. The molecule has 0 saturated carbocycles. The van der Waals surface area contributed by atoms with E-state index in [-0.39, 0.29) is 11.9 Å². The van der Waals surface area contributed by atoms with Crippen LogP contribution in [0.2, 0.25) is 5.02 Å². The van der Waals surface area contributed by atoms with Crippen LogP contribution in [0.4, 0.5) is 0 Å². The van der Waals surface area contributed by atoms with Crippen LogP contribution in [-0.2, 0) is 0 Å². The van der Waals surface area contributed by atoms with Gasteiger partial charge in [0.1, 0.15) is 0 Å². The van der Waals surface area contributed by atoms with Crippen molar-refractivity contribution in [1.29, 1.82) is 0 Å². The fraction of sp³-hybridized carbons (Fsp3) is 0.133. The molecule has 0 aliphatic rings. The molecule has 0 bridgehead atoms.